The van der Waals surface area contributed by atoms with Crippen molar-refractivity contribution in [3.63, 3.8) is 0 Å². The highest BCUT2D eigenvalue weighted by Gasteiger charge is 2.08. The van der Waals surface area contributed by atoms with Crippen molar-refractivity contribution in [2.24, 2.45) is 0 Å². The largest absolute Gasteiger partial charge is 0.497 e. The maximum atomic E-state index is 11.2. The van der Waals surface area contributed by atoms with E-state index >= 15 is 0 Å². The molecule has 1 heterocycles. The lowest BCUT2D eigenvalue weighted by atomic mass is 10.1. The van der Waals surface area contributed by atoms with E-state index < -0.39 is 0 Å². The summed E-state index contributed by atoms with van der Waals surface area (Å²) in [4.78, 5) is 21.2. The smallest absolute Gasteiger partial charge is 0.224 e. The predicted molar refractivity (Wildman–Crippen MR) is 73.1 cm³/mol. The Morgan fingerprint density at radius 2 is 1.84 bits per heavy atom. The molecule has 0 atom stereocenters. The Morgan fingerprint density at radius 3 is 2.32 bits per heavy atom. The van der Waals surface area contributed by atoms with E-state index in [-0.39, 0.29) is 5.91 Å². The molecule has 2 aromatic rings. The lowest BCUT2D eigenvalue weighted by Crippen LogP contribution is -2.23. The number of carbonyl (C=O) groups is 1. The van der Waals surface area contributed by atoms with Crippen LogP contribution in [-0.4, -0.2) is 30.0 Å². The number of hydrogen-bond acceptors (Lipinski definition) is 4. The zero-order valence-corrected chi connectivity index (χ0v) is 11.1. The number of ether oxygens (including phenoxy) is 1. The first-order valence-corrected chi connectivity index (χ1v) is 5.82. The fourth-order valence-corrected chi connectivity index (χ4v) is 1.57. The van der Waals surface area contributed by atoms with Crippen LogP contribution in [-0.2, 0) is 4.79 Å². The molecule has 0 unspecified atom stereocenters. The molecular weight excluding hydrogens is 242 g/mol. The van der Waals surface area contributed by atoms with Gasteiger partial charge in [-0.15, -0.1) is 0 Å². The Labute approximate surface area is 111 Å². The van der Waals surface area contributed by atoms with Crippen molar-refractivity contribution in [1.82, 2.24) is 9.97 Å². The second-order valence-corrected chi connectivity index (χ2v) is 4.07. The summed E-state index contributed by atoms with van der Waals surface area (Å²) in [5.41, 5.74) is 1.70. The van der Waals surface area contributed by atoms with E-state index in [0.29, 0.717) is 5.82 Å². The van der Waals surface area contributed by atoms with Gasteiger partial charge in [-0.25, -0.2) is 4.98 Å². The number of benzene rings is 1. The van der Waals surface area contributed by atoms with Gasteiger partial charge in [0.25, 0.3) is 0 Å². The second-order valence-electron chi connectivity index (χ2n) is 4.07. The van der Waals surface area contributed by atoms with Gasteiger partial charge in [0.2, 0.25) is 5.91 Å². The van der Waals surface area contributed by atoms with Gasteiger partial charge in [0, 0.05) is 19.5 Å². The average Bonchev–Trinajstić information content (AvgIpc) is 2.46. The van der Waals surface area contributed by atoms with Crippen molar-refractivity contribution in [1.29, 1.82) is 0 Å². The average molecular weight is 257 g/mol. The van der Waals surface area contributed by atoms with E-state index in [1.165, 1.54) is 11.8 Å². The molecule has 0 saturated carbocycles. The molecule has 0 N–H and O–H groups in total. The van der Waals surface area contributed by atoms with Gasteiger partial charge >= 0.3 is 0 Å². The minimum atomic E-state index is -0.0773. The highest BCUT2D eigenvalue weighted by atomic mass is 16.5. The van der Waals surface area contributed by atoms with Crippen molar-refractivity contribution in [3.8, 4) is 17.0 Å². The molecule has 0 aliphatic rings. The molecule has 0 bridgehead atoms. The fourth-order valence-electron chi connectivity index (χ4n) is 1.57. The first kappa shape index (κ1) is 13.0. The van der Waals surface area contributed by atoms with Crippen LogP contribution in [0.3, 0.4) is 0 Å². The van der Waals surface area contributed by atoms with Crippen LogP contribution in [0.5, 0.6) is 5.75 Å². The van der Waals surface area contributed by atoms with Crippen LogP contribution < -0.4 is 9.64 Å². The molecule has 1 aromatic heterocycles. The quantitative estimate of drug-likeness (QED) is 0.845. The Kier molecular flexibility index (Phi) is 3.75. The molecule has 0 spiro atoms. The zero-order chi connectivity index (χ0) is 13.8. The van der Waals surface area contributed by atoms with Crippen LogP contribution in [0.25, 0.3) is 11.3 Å². The highest BCUT2D eigenvalue weighted by molar-refractivity contribution is 5.89. The first-order chi connectivity index (χ1) is 9.11. The standard InChI is InChI=1S/C14H15N3O2/c1-10(18)17(2)14-9-15-13(8-16-14)11-4-6-12(19-3)7-5-11/h4-9H,1-3H3. The van der Waals surface area contributed by atoms with E-state index in [1.807, 2.05) is 24.3 Å². The zero-order valence-electron chi connectivity index (χ0n) is 11.1. The van der Waals surface area contributed by atoms with E-state index in [2.05, 4.69) is 9.97 Å². The molecule has 0 aliphatic heterocycles. The summed E-state index contributed by atoms with van der Waals surface area (Å²) < 4.78 is 5.10. The van der Waals surface area contributed by atoms with E-state index in [9.17, 15) is 4.79 Å². The number of nitrogens with zero attached hydrogens (tertiary/aromatic N) is 3. The minimum Gasteiger partial charge on any atom is -0.497 e. The van der Waals surface area contributed by atoms with Gasteiger partial charge in [0.1, 0.15) is 5.75 Å². The van der Waals surface area contributed by atoms with Crippen LogP contribution in [0.15, 0.2) is 36.7 Å². The summed E-state index contributed by atoms with van der Waals surface area (Å²) in [7, 11) is 3.29. The third-order valence-corrected chi connectivity index (χ3v) is 2.84. The van der Waals surface area contributed by atoms with Crippen LogP contribution in [0.4, 0.5) is 5.82 Å². The normalized spacial score (nSPS) is 10.1. The molecule has 5 nitrogen and oxygen atoms in total. The van der Waals surface area contributed by atoms with Gasteiger partial charge in [0.05, 0.1) is 25.2 Å². The third-order valence-electron chi connectivity index (χ3n) is 2.84. The molecular formula is C14H15N3O2. The van der Waals surface area contributed by atoms with E-state index in [1.54, 1.807) is 26.6 Å². The number of rotatable bonds is 3. The number of aromatic nitrogens is 2. The fraction of sp³-hybridized carbons (Fsp3) is 0.214. The van der Waals surface area contributed by atoms with Crippen LogP contribution in [0, 0.1) is 0 Å². The van der Waals surface area contributed by atoms with Crippen molar-refractivity contribution in [2.45, 2.75) is 6.92 Å². The molecule has 5 heteroatoms. The number of hydrogen-bond donors (Lipinski definition) is 0. The summed E-state index contributed by atoms with van der Waals surface area (Å²) >= 11 is 0. The second kappa shape index (κ2) is 5.48. The molecule has 1 amide bonds. The Hall–Kier alpha value is -2.43. The van der Waals surface area contributed by atoms with Gasteiger partial charge in [-0.3, -0.25) is 14.7 Å². The Balaban J connectivity index is 2.24. The van der Waals surface area contributed by atoms with Crippen molar-refractivity contribution in [3.05, 3.63) is 36.7 Å². The maximum Gasteiger partial charge on any atom is 0.224 e. The summed E-state index contributed by atoms with van der Waals surface area (Å²) in [5.74, 6) is 1.25. The van der Waals surface area contributed by atoms with Gasteiger partial charge in [0.15, 0.2) is 5.82 Å². The van der Waals surface area contributed by atoms with Gasteiger partial charge in [-0.05, 0) is 24.3 Å². The highest BCUT2D eigenvalue weighted by Crippen LogP contribution is 2.20. The lowest BCUT2D eigenvalue weighted by molar-refractivity contribution is -0.116. The van der Waals surface area contributed by atoms with Crippen molar-refractivity contribution < 1.29 is 9.53 Å². The van der Waals surface area contributed by atoms with E-state index in [0.717, 1.165) is 17.0 Å². The molecule has 0 radical (unpaired) electrons. The van der Waals surface area contributed by atoms with Crippen LogP contribution >= 0.6 is 0 Å². The van der Waals surface area contributed by atoms with Crippen LogP contribution in [0.1, 0.15) is 6.92 Å². The molecule has 98 valence electrons. The number of amides is 1. The molecule has 19 heavy (non-hydrogen) atoms. The molecule has 0 fully saturated rings. The minimum absolute atomic E-state index is 0.0773. The monoisotopic (exact) mass is 257 g/mol. The lowest BCUT2D eigenvalue weighted by Gasteiger charge is -2.13. The third kappa shape index (κ3) is 2.88. The summed E-state index contributed by atoms with van der Waals surface area (Å²) in [6.07, 6.45) is 3.23. The van der Waals surface area contributed by atoms with Crippen molar-refractivity contribution in [2.75, 3.05) is 19.1 Å². The van der Waals surface area contributed by atoms with Gasteiger partial charge < -0.3 is 4.74 Å². The number of methoxy groups -OCH3 is 1. The summed E-state index contributed by atoms with van der Waals surface area (Å²) in [5, 5.41) is 0. The Morgan fingerprint density at radius 1 is 1.16 bits per heavy atom. The maximum absolute atomic E-state index is 11.2. The first-order valence-electron chi connectivity index (χ1n) is 5.82. The summed E-state index contributed by atoms with van der Waals surface area (Å²) in [6.45, 7) is 1.49. The SMILES string of the molecule is COc1ccc(-c2cnc(N(C)C(C)=O)cn2)cc1. The number of anilines is 1. The van der Waals surface area contributed by atoms with Crippen LogP contribution in [0.2, 0.25) is 0 Å². The summed E-state index contributed by atoms with van der Waals surface area (Å²) in [6, 6.07) is 7.56. The molecule has 1 aromatic carbocycles. The molecule has 2 rings (SSSR count). The topological polar surface area (TPSA) is 55.3 Å². The van der Waals surface area contributed by atoms with Crippen molar-refractivity contribution >= 4 is 11.7 Å². The number of carbonyl (C=O) groups excluding carboxylic acids is 1. The Bertz CT molecular complexity index is 564. The molecule has 0 aliphatic carbocycles. The molecule has 0 saturated heterocycles. The van der Waals surface area contributed by atoms with Gasteiger partial charge in [-0.2, -0.15) is 0 Å². The van der Waals surface area contributed by atoms with Gasteiger partial charge in [-0.1, -0.05) is 0 Å². The van der Waals surface area contributed by atoms with E-state index in [4.69, 9.17) is 4.74 Å². The predicted octanol–water partition coefficient (Wildman–Crippen LogP) is 2.13.